The molecule has 0 radical (unpaired) electrons. The van der Waals surface area contributed by atoms with E-state index in [2.05, 4.69) is 20.4 Å². The molecule has 3 aromatic rings. The molecule has 1 aliphatic rings. The summed E-state index contributed by atoms with van der Waals surface area (Å²) in [6.45, 7) is 4.40. The van der Waals surface area contributed by atoms with E-state index in [-0.39, 0.29) is 6.54 Å². The van der Waals surface area contributed by atoms with Crippen LogP contribution < -0.4 is 4.90 Å². The Kier molecular flexibility index (Phi) is 5.40. The van der Waals surface area contributed by atoms with Gasteiger partial charge in [-0.2, -0.15) is 4.80 Å². The second-order valence-electron chi connectivity index (χ2n) is 7.08. The van der Waals surface area contributed by atoms with E-state index in [4.69, 9.17) is 4.74 Å². The molecule has 1 saturated heterocycles. The van der Waals surface area contributed by atoms with Gasteiger partial charge >= 0.3 is 6.09 Å². The number of aliphatic hydroxyl groups excluding tert-OH is 1. The third-order valence-corrected chi connectivity index (χ3v) is 4.82. The summed E-state index contributed by atoms with van der Waals surface area (Å²) >= 11 is 0. The summed E-state index contributed by atoms with van der Waals surface area (Å²) in [6, 6.07) is 7.93. The minimum Gasteiger partial charge on any atom is -0.441 e. The first-order chi connectivity index (χ1) is 14.5. The molecule has 1 amide bonds. The molecule has 0 saturated carbocycles. The molecule has 0 spiro atoms. The van der Waals surface area contributed by atoms with Gasteiger partial charge in [-0.15, -0.1) is 10.2 Å². The first kappa shape index (κ1) is 19.9. The van der Waals surface area contributed by atoms with Gasteiger partial charge in [0.15, 0.2) is 0 Å². The number of tetrazole rings is 1. The summed E-state index contributed by atoms with van der Waals surface area (Å²) in [5.74, 6) is -0.0895. The van der Waals surface area contributed by atoms with Crippen molar-refractivity contribution in [3.63, 3.8) is 0 Å². The Morgan fingerprint density at radius 2 is 2.17 bits per heavy atom. The van der Waals surface area contributed by atoms with Crippen molar-refractivity contribution >= 4 is 11.8 Å². The Morgan fingerprint density at radius 3 is 2.80 bits per heavy atom. The van der Waals surface area contributed by atoms with Crippen LogP contribution in [0.15, 0.2) is 36.5 Å². The van der Waals surface area contributed by atoms with Crippen LogP contribution >= 0.6 is 0 Å². The highest BCUT2D eigenvalue weighted by Crippen LogP contribution is 2.29. The molecule has 4 rings (SSSR count). The first-order valence-electron chi connectivity index (χ1n) is 9.66. The molecule has 0 bridgehead atoms. The molecule has 156 valence electrons. The number of ether oxygens (including phenoxy) is 1. The Morgan fingerprint density at radius 1 is 1.33 bits per heavy atom. The molecule has 1 unspecified atom stereocenters. The first-order valence-corrected chi connectivity index (χ1v) is 9.66. The van der Waals surface area contributed by atoms with E-state index in [1.54, 1.807) is 37.4 Å². The summed E-state index contributed by atoms with van der Waals surface area (Å²) in [7, 11) is 0. The number of aliphatic hydroxyl groups is 1. The minimum absolute atomic E-state index is 0.164. The highest BCUT2D eigenvalue weighted by atomic mass is 19.1. The zero-order valence-electron chi connectivity index (χ0n) is 16.6. The lowest BCUT2D eigenvalue weighted by Gasteiger charge is -2.15. The number of carbonyl (C=O) groups is 1. The molecule has 2 aromatic heterocycles. The standard InChI is InChI=1S/C20H21FN6O3/c1-3-8-27-24-19(23-25-27)17-7-4-13(10-22-17)15-6-5-14(9-16(15)21)26-11-18(12(2)28)30-20(26)29/h4-7,9-10,12,18,28H,3,8,11H2,1-2H3/t12?,18-/m0/s1. The fourth-order valence-electron chi connectivity index (χ4n) is 3.18. The van der Waals surface area contributed by atoms with Gasteiger partial charge in [-0.1, -0.05) is 13.0 Å². The number of nitrogens with zero attached hydrogens (tertiary/aromatic N) is 6. The number of hydrogen-bond donors (Lipinski definition) is 1. The van der Waals surface area contributed by atoms with Crippen LogP contribution in [0.4, 0.5) is 14.9 Å². The van der Waals surface area contributed by atoms with E-state index in [9.17, 15) is 14.3 Å². The fraction of sp³-hybridized carbons (Fsp3) is 0.350. The zero-order valence-corrected chi connectivity index (χ0v) is 16.6. The average Bonchev–Trinajstić information content (AvgIpc) is 3.35. The number of hydrogen-bond acceptors (Lipinski definition) is 7. The number of carbonyl (C=O) groups excluding carboxylic acids is 1. The van der Waals surface area contributed by atoms with Crippen LogP contribution in [-0.4, -0.2) is 55.1 Å². The second-order valence-corrected chi connectivity index (χ2v) is 7.08. The van der Waals surface area contributed by atoms with Crippen molar-refractivity contribution < 1.29 is 19.0 Å². The lowest BCUT2D eigenvalue weighted by atomic mass is 10.1. The van der Waals surface area contributed by atoms with Crippen molar-refractivity contribution in [2.75, 3.05) is 11.4 Å². The van der Waals surface area contributed by atoms with Gasteiger partial charge in [-0.3, -0.25) is 9.88 Å². The minimum atomic E-state index is -0.800. The second kappa shape index (κ2) is 8.15. The van der Waals surface area contributed by atoms with Gasteiger partial charge in [0, 0.05) is 17.3 Å². The lowest BCUT2D eigenvalue weighted by Crippen LogP contribution is -2.29. The van der Waals surface area contributed by atoms with Crippen LogP contribution in [0, 0.1) is 5.82 Å². The largest absolute Gasteiger partial charge is 0.441 e. The van der Waals surface area contributed by atoms with Gasteiger partial charge in [-0.05, 0) is 42.8 Å². The number of benzene rings is 1. The third-order valence-electron chi connectivity index (χ3n) is 4.82. The number of cyclic esters (lactones) is 1. The van der Waals surface area contributed by atoms with Gasteiger partial charge in [0.05, 0.1) is 24.9 Å². The van der Waals surface area contributed by atoms with Crippen LogP contribution in [0.25, 0.3) is 22.6 Å². The highest BCUT2D eigenvalue weighted by Gasteiger charge is 2.35. The normalized spacial score (nSPS) is 17.3. The van der Waals surface area contributed by atoms with E-state index in [0.717, 1.165) is 6.42 Å². The molecular formula is C20H21FN6O3. The predicted octanol–water partition coefficient (Wildman–Crippen LogP) is 2.66. The van der Waals surface area contributed by atoms with Gasteiger partial charge < -0.3 is 9.84 Å². The molecule has 1 aliphatic heterocycles. The number of aromatic nitrogens is 5. The Labute approximate surface area is 172 Å². The van der Waals surface area contributed by atoms with Crippen LogP contribution in [-0.2, 0) is 11.3 Å². The summed E-state index contributed by atoms with van der Waals surface area (Å²) < 4.78 is 19.9. The number of pyridine rings is 1. The highest BCUT2D eigenvalue weighted by molar-refractivity contribution is 5.90. The quantitative estimate of drug-likeness (QED) is 0.663. The van der Waals surface area contributed by atoms with Gasteiger partial charge in [-0.25, -0.2) is 9.18 Å². The predicted molar refractivity (Wildman–Crippen MR) is 106 cm³/mol. The smallest absolute Gasteiger partial charge is 0.414 e. The molecule has 3 heterocycles. The average molecular weight is 412 g/mol. The molecule has 9 nitrogen and oxygen atoms in total. The maximum Gasteiger partial charge on any atom is 0.414 e. The van der Waals surface area contributed by atoms with E-state index < -0.39 is 24.1 Å². The van der Waals surface area contributed by atoms with Crippen LogP contribution in [0.2, 0.25) is 0 Å². The van der Waals surface area contributed by atoms with Crippen molar-refractivity contribution in [3.05, 3.63) is 42.3 Å². The van der Waals surface area contributed by atoms with E-state index in [1.807, 2.05) is 6.92 Å². The Balaban J connectivity index is 1.54. The Hall–Kier alpha value is -3.40. The van der Waals surface area contributed by atoms with Crippen molar-refractivity contribution in [2.45, 2.75) is 39.0 Å². The van der Waals surface area contributed by atoms with Crippen molar-refractivity contribution in [2.24, 2.45) is 0 Å². The molecule has 30 heavy (non-hydrogen) atoms. The molecule has 0 aliphatic carbocycles. The van der Waals surface area contributed by atoms with E-state index >= 15 is 0 Å². The van der Waals surface area contributed by atoms with E-state index in [0.29, 0.717) is 34.9 Å². The number of halogens is 1. The summed E-state index contributed by atoms with van der Waals surface area (Å²) in [4.78, 5) is 19.1. The summed E-state index contributed by atoms with van der Waals surface area (Å²) in [5, 5.41) is 21.8. The zero-order chi connectivity index (χ0) is 21.3. The van der Waals surface area contributed by atoms with E-state index in [1.165, 1.54) is 15.8 Å². The summed E-state index contributed by atoms with van der Waals surface area (Å²) in [6.07, 6.45) is 0.391. The summed E-state index contributed by atoms with van der Waals surface area (Å²) in [5.41, 5.74) is 1.84. The maximum absolute atomic E-state index is 14.8. The topological polar surface area (TPSA) is 106 Å². The molecule has 1 N–H and O–H groups in total. The van der Waals surface area contributed by atoms with Gasteiger partial charge in [0.25, 0.3) is 0 Å². The number of aryl methyl sites for hydroxylation is 1. The molecule has 2 atom stereocenters. The fourth-order valence-corrected chi connectivity index (χ4v) is 3.18. The van der Waals surface area contributed by atoms with Crippen molar-refractivity contribution in [1.29, 1.82) is 0 Å². The maximum atomic E-state index is 14.8. The van der Waals surface area contributed by atoms with Crippen LogP contribution in [0.5, 0.6) is 0 Å². The monoisotopic (exact) mass is 412 g/mol. The SMILES string of the molecule is CCCn1nnc(-c2ccc(-c3ccc(N4C[C@@H](C(C)O)OC4=O)cc3F)cn2)n1. The van der Waals surface area contributed by atoms with Crippen LogP contribution in [0.3, 0.4) is 0 Å². The van der Waals surface area contributed by atoms with Crippen LogP contribution in [0.1, 0.15) is 20.3 Å². The lowest BCUT2D eigenvalue weighted by molar-refractivity contribution is 0.0437. The van der Waals surface area contributed by atoms with Crippen molar-refractivity contribution in [1.82, 2.24) is 25.2 Å². The molecular weight excluding hydrogens is 391 g/mol. The molecule has 10 heteroatoms. The van der Waals surface area contributed by atoms with Gasteiger partial charge in [0.2, 0.25) is 5.82 Å². The third kappa shape index (κ3) is 3.86. The number of rotatable bonds is 6. The van der Waals surface area contributed by atoms with Gasteiger partial charge in [0.1, 0.15) is 17.6 Å². The Bertz CT molecular complexity index is 1050. The van der Waals surface area contributed by atoms with Crippen molar-refractivity contribution in [3.8, 4) is 22.6 Å². The molecule has 1 fully saturated rings. The number of anilines is 1. The molecule has 1 aromatic carbocycles. The number of amides is 1.